The average Bonchev–Trinajstić information content (AvgIpc) is 3.26. The van der Waals surface area contributed by atoms with Gasteiger partial charge in [-0.3, -0.25) is 4.79 Å². The Bertz CT molecular complexity index is 588. The Balaban J connectivity index is 1.44. The number of hydrogen-bond acceptors (Lipinski definition) is 3. The SMILES string of the molecule is CC(=O)O[C@@H]1CC[C@@H]2[C@@H]3CC[C@H]4C[C@@H]5C[C@@H]5[C@H](O)[C@]4(C)[C@@H]3CC[C@@]21C. The van der Waals surface area contributed by atoms with Gasteiger partial charge in [-0.1, -0.05) is 13.8 Å². The Hall–Kier alpha value is -0.570. The second-order valence-electron chi connectivity index (χ2n) is 10.6. The highest BCUT2D eigenvalue weighted by molar-refractivity contribution is 5.66. The van der Waals surface area contributed by atoms with Crippen LogP contribution in [0.5, 0.6) is 0 Å². The van der Waals surface area contributed by atoms with Gasteiger partial charge in [-0.05, 0) is 92.3 Å². The molecule has 5 fully saturated rings. The smallest absolute Gasteiger partial charge is 0.302 e. The molecular formula is C22H34O3. The van der Waals surface area contributed by atoms with Crippen LogP contribution < -0.4 is 0 Å². The van der Waals surface area contributed by atoms with E-state index in [0.29, 0.717) is 17.8 Å². The normalized spacial score (nSPS) is 59.2. The van der Waals surface area contributed by atoms with E-state index < -0.39 is 0 Å². The molecule has 0 saturated heterocycles. The van der Waals surface area contributed by atoms with Crippen LogP contribution >= 0.6 is 0 Å². The molecule has 0 heterocycles. The molecule has 0 aromatic rings. The van der Waals surface area contributed by atoms with Crippen molar-refractivity contribution in [1.82, 2.24) is 0 Å². The van der Waals surface area contributed by atoms with Gasteiger partial charge in [0.2, 0.25) is 0 Å². The Morgan fingerprint density at radius 3 is 2.56 bits per heavy atom. The largest absolute Gasteiger partial charge is 0.462 e. The number of hydrogen-bond donors (Lipinski definition) is 1. The van der Waals surface area contributed by atoms with Crippen LogP contribution in [0.4, 0.5) is 0 Å². The average molecular weight is 347 g/mol. The minimum atomic E-state index is -0.118. The minimum Gasteiger partial charge on any atom is -0.462 e. The molecule has 0 spiro atoms. The summed E-state index contributed by atoms with van der Waals surface area (Å²) in [6, 6.07) is 0. The van der Waals surface area contributed by atoms with E-state index in [0.717, 1.165) is 24.2 Å². The molecule has 0 unspecified atom stereocenters. The molecule has 0 bridgehead atoms. The second-order valence-corrected chi connectivity index (χ2v) is 10.6. The maximum Gasteiger partial charge on any atom is 0.302 e. The number of ether oxygens (including phenoxy) is 1. The highest BCUT2D eigenvalue weighted by Gasteiger charge is 2.66. The molecule has 0 aromatic carbocycles. The van der Waals surface area contributed by atoms with Crippen LogP contribution in [0, 0.1) is 46.3 Å². The van der Waals surface area contributed by atoms with E-state index in [4.69, 9.17) is 4.74 Å². The third-order valence-electron chi connectivity index (χ3n) is 9.79. The molecular weight excluding hydrogens is 312 g/mol. The highest BCUT2D eigenvalue weighted by atomic mass is 16.5. The first-order chi connectivity index (χ1) is 11.9. The molecule has 3 nitrogen and oxygen atoms in total. The molecule has 5 saturated carbocycles. The van der Waals surface area contributed by atoms with Crippen molar-refractivity contribution in [3.05, 3.63) is 0 Å². The molecule has 5 rings (SSSR count). The zero-order valence-electron chi connectivity index (χ0n) is 16.0. The molecule has 10 atom stereocenters. The van der Waals surface area contributed by atoms with Crippen molar-refractivity contribution in [1.29, 1.82) is 0 Å². The second kappa shape index (κ2) is 5.24. The zero-order chi connectivity index (χ0) is 17.6. The summed E-state index contributed by atoms with van der Waals surface area (Å²) in [6.45, 7) is 6.38. The number of fused-ring (bicyclic) bond motifs is 6. The lowest BCUT2D eigenvalue weighted by molar-refractivity contribution is -0.178. The Kier molecular flexibility index (Phi) is 3.48. The van der Waals surface area contributed by atoms with Crippen molar-refractivity contribution < 1.29 is 14.6 Å². The summed E-state index contributed by atoms with van der Waals surface area (Å²) in [7, 11) is 0. The van der Waals surface area contributed by atoms with Crippen LogP contribution in [-0.2, 0) is 9.53 Å². The zero-order valence-corrected chi connectivity index (χ0v) is 16.0. The first kappa shape index (κ1) is 16.6. The topological polar surface area (TPSA) is 46.5 Å². The van der Waals surface area contributed by atoms with E-state index in [9.17, 15) is 9.90 Å². The molecule has 1 N–H and O–H groups in total. The van der Waals surface area contributed by atoms with E-state index in [-0.39, 0.29) is 29.0 Å². The first-order valence-electron chi connectivity index (χ1n) is 10.7. The lowest BCUT2D eigenvalue weighted by atomic mass is 9.44. The van der Waals surface area contributed by atoms with Gasteiger partial charge in [0.25, 0.3) is 0 Å². The van der Waals surface area contributed by atoms with E-state index in [1.807, 2.05) is 0 Å². The van der Waals surface area contributed by atoms with Crippen molar-refractivity contribution in [3.63, 3.8) is 0 Å². The molecule has 5 aliphatic rings. The molecule has 5 aliphatic carbocycles. The first-order valence-corrected chi connectivity index (χ1v) is 10.7. The van der Waals surface area contributed by atoms with Gasteiger partial charge in [-0.25, -0.2) is 0 Å². The monoisotopic (exact) mass is 346 g/mol. The summed E-state index contributed by atoms with van der Waals surface area (Å²) in [5.41, 5.74) is 0.305. The number of aliphatic hydroxyl groups excluding tert-OH is 1. The third-order valence-corrected chi connectivity index (χ3v) is 9.79. The van der Waals surface area contributed by atoms with Crippen molar-refractivity contribution >= 4 is 5.97 Å². The molecule has 140 valence electrons. The van der Waals surface area contributed by atoms with Crippen molar-refractivity contribution in [3.8, 4) is 0 Å². The molecule has 25 heavy (non-hydrogen) atoms. The van der Waals surface area contributed by atoms with Crippen molar-refractivity contribution in [2.24, 2.45) is 46.3 Å². The molecule has 0 amide bonds. The van der Waals surface area contributed by atoms with E-state index in [1.54, 1.807) is 6.92 Å². The highest BCUT2D eigenvalue weighted by Crippen LogP contribution is 2.70. The van der Waals surface area contributed by atoms with Gasteiger partial charge in [0.1, 0.15) is 6.10 Å². The molecule has 0 aliphatic heterocycles. The standard InChI is InChI=1S/C22H34O3/c1-12(23)25-19-7-6-17-15-5-4-14-10-13-11-16(13)20(24)22(14,3)18(15)8-9-21(17,19)2/h13-20,24H,4-11H2,1-3H3/t13-,14+,15+,16+,17-,18-,19-,20+,21+,22+/m1/s1. The van der Waals surface area contributed by atoms with Gasteiger partial charge in [0, 0.05) is 12.3 Å². The number of esters is 1. The number of carbonyl (C=O) groups is 1. The summed E-state index contributed by atoms with van der Waals surface area (Å²) >= 11 is 0. The molecule has 0 radical (unpaired) electrons. The lowest BCUT2D eigenvalue weighted by Crippen LogP contribution is -2.58. The van der Waals surface area contributed by atoms with Crippen LogP contribution in [0.15, 0.2) is 0 Å². The third kappa shape index (κ3) is 2.11. The van der Waals surface area contributed by atoms with Crippen LogP contribution in [-0.4, -0.2) is 23.3 Å². The van der Waals surface area contributed by atoms with Crippen LogP contribution in [0.25, 0.3) is 0 Å². The number of rotatable bonds is 1. The summed E-state index contributed by atoms with van der Waals surface area (Å²) in [5, 5.41) is 11.2. The van der Waals surface area contributed by atoms with Crippen LogP contribution in [0.1, 0.15) is 72.1 Å². The minimum absolute atomic E-state index is 0.0703. The van der Waals surface area contributed by atoms with E-state index in [2.05, 4.69) is 13.8 Å². The predicted octanol–water partition coefficient (Wildman–Crippen LogP) is 4.18. The fourth-order valence-electron chi connectivity index (χ4n) is 8.40. The van der Waals surface area contributed by atoms with Gasteiger partial charge in [-0.15, -0.1) is 0 Å². The predicted molar refractivity (Wildman–Crippen MR) is 95.7 cm³/mol. The number of aliphatic hydroxyl groups is 1. The van der Waals surface area contributed by atoms with Gasteiger partial charge < -0.3 is 9.84 Å². The Morgan fingerprint density at radius 2 is 1.80 bits per heavy atom. The summed E-state index contributed by atoms with van der Waals surface area (Å²) in [4.78, 5) is 11.6. The summed E-state index contributed by atoms with van der Waals surface area (Å²) in [6.07, 6.45) is 9.97. The van der Waals surface area contributed by atoms with E-state index in [1.165, 1.54) is 44.9 Å². The molecule has 3 heteroatoms. The van der Waals surface area contributed by atoms with Crippen LogP contribution in [0.3, 0.4) is 0 Å². The van der Waals surface area contributed by atoms with Gasteiger partial charge >= 0.3 is 5.97 Å². The van der Waals surface area contributed by atoms with Crippen molar-refractivity contribution in [2.75, 3.05) is 0 Å². The van der Waals surface area contributed by atoms with Gasteiger partial charge in [0.15, 0.2) is 0 Å². The van der Waals surface area contributed by atoms with Gasteiger partial charge in [-0.2, -0.15) is 0 Å². The van der Waals surface area contributed by atoms with Crippen LogP contribution in [0.2, 0.25) is 0 Å². The maximum atomic E-state index is 11.6. The fourth-order valence-corrected chi connectivity index (χ4v) is 8.40. The quantitative estimate of drug-likeness (QED) is 0.725. The fraction of sp³-hybridized carbons (Fsp3) is 0.955. The number of carbonyl (C=O) groups excluding carboxylic acids is 1. The molecule has 0 aromatic heterocycles. The summed E-state index contributed by atoms with van der Waals surface area (Å²) < 4.78 is 5.75. The van der Waals surface area contributed by atoms with E-state index >= 15 is 0 Å². The van der Waals surface area contributed by atoms with Gasteiger partial charge in [0.05, 0.1) is 6.10 Å². The lowest BCUT2D eigenvalue weighted by Gasteiger charge is -2.61. The Labute approximate surface area is 151 Å². The maximum absolute atomic E-state index is 11.6. The Morgan fingerprint density at radius 1 is 1.00 bits per heavy atom. The van der Waals surface area contributed by atoms with Crippen molar-refractivity contribution in [2.45, 2.75) is 84.3 Å². The summed E-state index contributed by atoms with van der Waals surface area (Å²) in [5.74, 6) is 4.14.